The molecule has 3 heterocycles. The standard InChI is InChI=1S/C24H23F4N7O5/c25-17-9-15(32-12-16(40-24(32)39)11-30-21(36)20(27)28)10-18(26)19(17)31-5-7-33-22(37)35(23(38)34(33)8-6-31)14-3-1-13(29)2-4-14/h1-4,9-10,16,20H,5-8,11-12,29H2,(H,30,36). The van der Waals surface area contributed by atoms with Crippen LogP contribution in [-0.2, 0) is 22.6 Å². The molecular formula is C24H23F4N7O5. The number of nitrogens with two attached hydrogens (primary N) is 1. The third kappa shape index (κ3) is 4.87. The molecular weight excluding hydrogens is 542 g/mol. The van der Waals surface area contributed by atoms with Crippen molar-refractivity contribution in [1.29, 1.82) is 0 Å². The Kier molecular flexibility index (Phi) is 6.99. The van der Waals surface area contributed by atoms with Gasteiger partial charge in [0.1, 0.15) is 11.8 Å². The van der Waals surface area contributed by atoms with Gasteiger partial charge in [0.15, 0.2) is 11.6 Å². The van der Waals surface area contributed by atoms with Crippen molar-refractivity contribution < 1.29 is 31.9 Å². The third-order valence-corrected chi connectivity index (χ3v) is 6.64. The van der Waals surface area contributed by atoms with E-state index in [0.717, 1.165) is 21.6 Å². The fraction of sp³-hybridized carbons (Fsp3) is 0.333. The summed E-state index contributed by atoms with van der Waals surface area (Å²) in [6.45, 7) is -0.723. The number of hydrogen-bond donors (Lipinski definition) is 2. The van der Waals surface area contributed by atoms with Gasteiger partial charge in [-0.25, -0.2) is 37.1 Å². The van der Waals surface area contributed by atoms with Crippen molar-refractivity contribution in [3.63, 3.8) is 0 Å². The molecule has 0 spiro atoms. The first-order valence-corrected chi connectivity index (χ1v) is 12.1. The van der Waals surface area contributed by atoms with Crippen molar-refractivity contribution in [2.45, 2.75) is 25.6 Å². The summed E-state index contributed by atoms with van der Waals surface area (Å²) in [7, 11) is 0. The third-order valence-electron chi connectivity index (χ3n) is 6.64. The highest BCUT2D eigenvalue weighted by molar-refractivity contribution is 5.90. The highest BCUT2D eigenvalue weighted by Crippen LogP contribution is 2.31. The van der Waals surface area contributed by atoms with E-state index in [4.69, 9.17) is 10.5 Å². The van der Waals surface area contributed by atoms with Gasteiger partial charge < -0.3 is 20.7 Å². The molecule has 1 fully saturated rings. The molecule has 16 heteroatoms. The Labute approximate surface area is 222 Å². The van der Waals surface area contributed by atoms with E-state index in [2.05, 4.69) is 0 Å². The lowest BCUT2D eigenvalue weighted by molar-refractivity contribution is -0.132. The number of nitrogens with one attached hydrogen (secondary N) is 1. The van der Waals surface area contributed by atoms with Gasteiger partial charge in [-0.15, -0.1) is 0 Å². The molecule has 2 aromatic carbocycles. The number of nitrogens with zero attached hydrogens (tertiary/aromatic N) is 5. The van der Waals surface area contributed by atoms with E-state index < -0.39 is 59.8 Å². The van der Waals surface area contributed by atoms with E-state index in [0.29, 0.717) is 11.4 Å². The molecule has 40 heavy (non-hydrogen) atoms. The van der Waals surface area contributed by atoms with Crippen LogP contribution in [-0.4, -0.2) is 64.6 Å². The van der Waals surface area contributed by atoms with E-state index in [1.54, 1.807) is 12.1 Å². The quantitative estimate of drug-likeness (QED) is 0.335. The zero-order valence-corrected chi connectivity index (χ0v) is 20.7. The van der Waals surface area contributed by atoms with Crippen molar-refractivity contribution in [3.8, 4) is 5.69 Å². The van der Waals surface area contributed by atoms with E-state index >= 15 is 8.78 Å². The van der Waals surface area contributed by atoms with Crippen LogP contribution in [0.15, 0.2) is 46.0 Å². The smallest absolute Gasteiger partial charge is 0.414 e. The zero-order chi connectivity index (χ0) is 28.7. The number of rotatable bonds is 6. The Morgan fingerprint density at radius 2 is 1.52 bits per heavy atom. The van der Waals surface area contributed by atoms with Crippen molar-refractivity contribution in [2.24, 2.45) is 0 Å². The second-order valence-electron chi connectivity index (χ2n) is 9.15. The molecule has 5 rings (SSSR count). The number of benzene rings is 2. The number of anilines is 3. The maximum absolute atomic E-state index is 15.2. The highest BCUT2D eigenvalue weighted by atomic mass is 19.3. The van der Waals surface area contributed by atoms with Gasteiger partial charge in [0.25, 0.3) is 5.91 Å². The number of nitrogen functional groups attached to an aromatic ring is 1. The van der Waals surface area contributed by atoms with Crippen LogP contribution < -0.4 is 32.2 Å². The van der Waals surface area contributed by atoms with Crippen LogP contribution in [0.5, 0.6) is 0 Å². The Hall–Kier alpha value is -4.76. The molecule has 3 N–H and O–H groups in total. The molecule has 2 aliphatic rings. The van der Waals surface area contributed by atoms with Crippen molar-refractivity contribution in [2.75, 3.05) is 41.7 Å². The number of carbonyl (C=O) groups excluding carboxylic acids is 2. The Morgan fingerprint density at radius 1 is 0.950 bits per heavy atom. The fourth-order valence-corrected chi connectivity index (χ4v) is 4.70. The Balaban J connectivity index is 1.33. The maximum atomic E-state index is 15.2. The van der Waals surface area contributed by atoms with E-state index in [-0.39, 0.29) is 38.4 Å². The van der Waals surface area contributed by atoms with Crippen LogP contribution in [0.2, 0.25) is 0 Å². The average molecular weight is 565 g/mol. The number of carbonyl (C=O) groups is 2. The van der Waals surface area contributed by atoms with Gasteiger partial charge in [0.05, 0.1) is 37.6 Å². The van der Waals surface area contributed by atoms with Crippen LogP contribution in [0.4, 0.5) is 39.4 Å². The lowest BCUT2D eigenvalue weighted by atomic mass is 10.2. The van der Waals surface area contributed by atoms with Gasteiger partial charge in [0, 0.05) is 30.9 Å². The van der Waals surface area contributed by atoms with E-state index in [1.165, 1.54) is 26.4 Å². The van der Waals surface area contributed by atoms with Crippen LogP contribution in [0.25, 0.3) is 5.69 Å². The first kappa shape index (κ1) is 26.8. The number of ether oxygens (including phenoxy) is 1. The summed E-state index contributed by atoms with van der Waals surface area (Å²) in [6.07, 6.45) is -5.21. The monoisotopic (exact) mass is 565 g/mol. The van der Waals surface area contributed by atoms with Gasteiger partial charge in [-0.1, -0.05) is 0 Å². The predicted molar refractivity (Wildman–Crippen MR) is 134 cm³/mol. The summed E-state index contributed by atoms with van der Waals surface area (Å²) in [5, 5.41) is 1.92. The first-order valence-electron chi connectivity index (χ1n) is 12.1. The molecule has 1 atom stereocenters. The molecule has 0 bridgehead atoms. The summed E-state index contributed by atoms with van der Waals surface area (Å²) < 4.78 is 63.6. The van der Waals surface area contributed by atoms with E-state index in [1.807, 2.05) is 5.32 Å². The van der Waals surface area contributed by atoms with Crippen molar-refractivity contribution in [1.82, 2.24) is 19.2 Å². The Morgan fingerprint density at radius 3 is 2.08 bits per heavy atom. The molecule has 1 saturated heterocycles. The largest absolute Gasteiger partial charge is 0.442 e. The molecule has 2 aliphatic heterocycles. The van der Waals surface area contributed by atoms with Gasteiger partial charge in [0.2, 0.25) is 0 Å². The minimum atomic E-state index is -3.24. The second-order valence-corrected chi connectivity index (χ2v) is 9.15. The fourth-order valence-electron chi connectivity index (χ4n) is 4.70. The number of fused-ring (bicyclic) bond motifs is 1. The molecule has 12 nitrogen and oxygen atoms in total. The molecule has 3 aromatic rings. The van der Waals surface area contributed by atoms with E-state index in [9.17, 15) is 28.0 Å². The van der Waals surface area contributed by atoms with Crippen molar-refractivity contribution in [3.05, 3.63) is 69.0 Å². The lowest BCUT2D eigenvalue weighted by Crippen LogP contribution is -2.37. The number of hydrogen-bond acceptors (Lipinski definition) is 7. The molecule has 1 aromatic heterocycles. The summed E-state index contributed by atoms with van der Waals surface area (Å²) in [6, 6.07) is 8.03. The molecule has 212 valence electrons. The Bertz CT molecular complexity index is 1520. The number of alkyl halides is 2. The topological polar surface area (TPSA) is 137 Å². The minimum Gasteiger partial charge on any atom is -0.442 e. The summed E-state index contributed by atoms with van der Waals surface area (Å²) in [5.74, 6) is -3.54. The number of halogens is 4. The second kappa shape index (κ2) is 10.4. The molecule has 2 amide bonds. The van der Waals surface area contributed by atoms with Gasteiger partial charge in [-0.05, 0) is 24.3 Å². The molecule has 0 aliphatic carbocycles. The number of amides is 2. The van der Waals surface area contributed by atoms with Gasteiger partial charge in [-0.3, -0.25) is 9.69 Å². The minimum absolute atomic E-state index is 0.00402. The normalized spacial score (nSPS) is 17.1. The van der Waals surface area contributed by atoms with Crippen LogP contribution >= 0.6 is 0 Å². The summed E-state index contributed by atoms with van der Waals surface area (Å²) in [5.41, 5.74) is 4.67. The SMILES string of the molecule is Nc1ccc(-n2c(=O)n3n(c2=O)CCN(c2c(F)cc(N4CC(CNC(=O)C(F)F)OC4=O)cc2F)CC3)cc1. The van der Waals surface area contributed by atoms with Gasteiger partial charge >= 0.3 is 23.9 Å². The number of cyclic esters (lactones) is 1. The maximum Gasteiger partial charge on any atom is 0.414 e. The predicted octanol–water partition coefficient (Wildman–Crippen LogP) is 0.888. The molecule has 0 radical (unpaired) electrons. The molecule has 0 saturated carbocycles. The van der Waals surface area contributed by atoms with Crippen molar-refractivity contribution >= 4 is 29.1 Å². The zero-order valence-electron chi connectivity index (χ0n) is 20.7. The lowest BCUT2D eigenvalue weighted by Gasteiger charge is -2.24. The molecule has 1 unspecified atom stereocenters. The average Bonchev–Trinajstić information content (AvgIpc) is 3.28. The van der Waals surface area contributed by atoms with Crippen LogP contribution in [0.3, 0.4) is 0 Å². The summed E-state index contributed by atoms with van der Waals surface area (Å²) in [4.78, 5) is 51.6. The van der Waals surface area contributed by atoms with Crippen LogP contribution in [0, 0.1) is 11.6 Å². The van der Waals surface area contributed by atoms with Gasteiger partial charge in [-0.2, -0.15) is 8.78 Å². The van der Waals surface area contributed by atoms with Crippen LogP contribution in [0.1, 0.15) is 0 Å². The first-order chi connectivity index (χ1) is 19.0. The number of aromatic nitrogens is 3. The summed E-state index contributed by atoms with van der Waals surface area (Å²) >= 11 is 0. The highest BCUT2D eigenvalue weighted by Gasteiger charge is 2.34.